The van der Waals surface area contributed by atoms with Crippen molar-refractivity contribution in [2.45, 2.75) is 26.7 Å². The number of hydrogen-bond acceptors (Lipinski definition) is 4. The summed E-state index contributed by atoms with van der Waals surface area (Å²) in [5.74, 6) is 0. The van der Waals surface area contributed by atoms with E-state index >= 15 is 0 Å². The highest BCUT2D eigenvalue weighted by molar-refractivity contribution is 4.71. The number of ether oxygens (including phenoxy) is 3. The largest absolute Gasteiger partial charge is 0.385 e. The van der Waals surface area contributed by atoms with Crippen molar-refractivity contribution in [1.82, 2.24) is 5.32 Å². The Balaban J connectivity index is 3.37. The zero-order valence-electron chi connectivity index (χ0n) is 11.9. The van der Waals surface area contributed by atoms with Gasteiger partial charge >= 0.3 is 0 Å². The molecule has 4 heteroatoms. The van der Waals surface area contributed by atoms with Crippen molar-refractivity contribution in [3.63, 3.8) is 0 Å². The van der Waals surface area contributed by atoms with Gasteiger partial charge in [-0.2, -0.15) is 0 Å². The second kappa shape index (κ2) is 11.0. The molecule has 0 saturated heterocycles. The number of methoxy groups -OCH3 is 2. The second-order valence-electron chi connectivity index (χ2n) is 5.04. The minimum Gasteiger partial charge on any atom is -0.385 e. The average molecular weight is 247 g/mol. The van der Waals surface area contributed by atoms with Crippen LogP contribution in [-0.2, 0) is 14.2 Å². The van der Waals surface area contributed by atoms with Crippen LogP contribution in [0.15, 0.2) is 0 Å². The summed E-state index contributed by atoms with van der Waals surface area (Å²) < 4.78 is 15.5. The summed E-state index contributed by atoms with van der Waals surface area (Å²) in [7, 11) is 3.44. The molecule has 0 bridgehead atoms. The van der Waals surface area contributed by atoms with Gasteiger partial charge in [0.25, 0.3) is 0 Å². The normalized spacial score (nSPS) is 12.0. The van der Waals surface area contributed by atoms with Crippen molar-refractivity contribution >= 4 is 0 Å². The quantitative estimate of drug-likeness (QED) is 0.533. The van der Waals surface area contributed by atoms with E-state index in [1.807, 2.05) is 0 Å². The summed E-state index contributed by atoms with van der Waals surface area (Å²) in [5.41, 5.74) is 0.273. The molecule has 0 radical (unpaired) electrons. The lowest BCUT2D eigenvalue weighted by Gasteiger charge is -2.25. The van der Waals surface area contributed by atoms with Gasteiger partial charge in [0.1, 0.15) is 0 Å². The SMILES string of the molecule is COCCCOCCC(C)(C)CNCCOC. The van der Waals surface area contributed by atoms with Crippen molar-refractivity contribution in [3.05, 3.63) is 0 Å². The molecular weight excluding hydrogens is 218 g/mol. The molecular formula is C13H29NO3. The lowest BCUT2D eigenvalue weighted by molar-refractivity contribution is 0.0824. The Labute approximate surface area is 106 Å². The van der Waals surface area contributed by atoms with Gasteiger partial charge in [-0.25, -0.2) is 0 Å². The Kier molecular flexibility index (Phi) is 10.9. The van der Waals surface area contributed by atoms with Crippen molar-refractivity contribution in [2.75, 3.05) is 53.7 Å². The maximum Gasteiger partial charge on any atom is 0.0587 e. The van der Waals surface area contributed by atoms with Crippen molar-refractivity contribution < 1.29 is 14.2 Å². The average Bonchev–Trinajstić information content (AvgIpc) is 2.29. The Bertz CT molecular complexity index is 163. The molecule has 0 aromatic carbocycles. The third-order valence-electron chi connectivity index (χ3n) is 2.65. The lowest BCUT2D eigenvalue weighted by atomic mass is 9.90. The predicted molar refractivity (Wildman–Crippen MR) is 70.5 cm³/mol. The minimum absolute atomic E-state index is 0.273. The van der Waals surface area contributed by atoms with Crippen LogP contribution in [0.2, 0.25) is 0 Å². The maximum absolute atomic E-state index is 5.57. The molecule has 0 rings (SSSR count). The molecule has 4 nitrogen and oxygen atoms in total. The van der Waals surface area contributed by atoms with Crippen molar-refractivity contribution in [2.24, 2.45) is 5.41 Å². The second-order valence-corrected chi connectivity index (χ2v) is 5.04. The fourth-order valence-electron chi connectivity index (χ4n) is 1.45. The number of hydrogen-bond donors (Lipinski definition) is 1. The van der Waals surface area contributed by atoms with E-state index in [0.717, 1.165) is 52.4 Å². The van der Waals surface area contributed by atoms with Crippen LogP contribution >= 0.6 is 0 Å². The van der Waals surface area contributed by atoms with Crippen LogP contribution in [0.4, 0.5) is 0 Å². The van der Waals surface area contributed by atoms with Crippen LogP contribution in [0.3, 0.4) is 0 Å². The van der Waals surface area contributed by atoms with Gasteiger partial charge in [0.15, 0.2) is 0 Å². The molecule has 0 heterocycles. The molecule has 0 amide bonds. The summed E-state index contributed by atoms with van der Waals surface area (Å²) in [5, 5.41) is 3.39. The standard InChI is InChI=1S/C13H29NO3/c1-13(2,12-14-7-11-16-4)6-10-17-9-5-8-15-3/h14H,5-12H2,1-4H3. The van der Waals surface area contributed by atoms with Gasteiger partial charge in [0.05, 0.1) is 6.61 Å². The molecule has 0 aliphatic carbocycles. The topological polar surface area (TPSA) is 39.7 Å². The summed E-state index contributed by atoms with van der Waals surface area (Å²) >= 11 is 0. The lowest BCUT2D eigenvalue weighted by Crippen LogP contribution is -2.32. The fourth-order valence-corrected chi connectivity index (χ4v) is 1.45. The van der Waals surface area contributed by atoms with Crippen molar-refractivity contribution in [1.29, 1.82) is 0 Å². The zero-order chi connectivity index (χ0) is 13.0. The first-order chi connectivity index (χ1) is 8.12. The van der Waals surface area contributed by atoms with Crippen LogP contribution in [0, 0.1) is 5.41 Å². The van der Waals surface area contributed by atoms with Gasteiger partial charge in [0.2, 0.25) is 0 Å². The summed E-state index contributed by atoms with van der Waals surface area (Å²) in [6.45, 7) is 9.58. The van der Waals surface area contributed by atoms with E-state index in [1.165, 1.54) is 0 Å². The highest BCUT2D eigenvalue weighted by Gasteiger charge is 2.16. The van der Waals surface area contributed by atoms with Crippen LogP contribution in [0.25, 0.3) is 0 Å². The number of nitrogens with one attached hydrogen (secondary N) is 1. The predicted octanol–water partition coefficient (Wildman–Crippen LogP) is 1.69. The third-order valence-corrected chi connectivity index (χ3v) is 2.65. The van der Waals surface area contributed by atoms with E-state index in [1.54, 1.807) is 14.2 Å². The molecule has 0 aliphatic heterocycles. The molecule has 0 spiro atoms. The molecule has 0 unspecified atom stereocenters. The summed E-state index contributed by atoms with van der Waals surface area (Å²) in [4.78, 5) is 0. The first-order valence-corrected chi connectivity index (χ1v) is 6.39. The first kappa shape index (κ1) is 16.8. The molecule has 17 heavy (non-hydrogen) atoms. The Hall–Kier alpha value is -0.160. The maximum atomic E-state index is 5.57. The van der Waals surface area contributed by atoms with Gasteiger partial charge < -0.3 is 19.5 Å². The van der Waals surface area contributed by atoms with Gasteiger partial charge in [-0.3, -0.25) is 0 Å². The van der Waals surface area contributed by atoms with Gasteiger partial charge in [-0.15, -0.1) is 0 Å². The molecule has 0 saturated carbocycles. The highest BCUT2D eigenvalue weighted by Crippen LogP contribution is 2.18. The molecule has 104 valence electrons. The third kappa shape index (κ3) is 12.1. The minimum atomic E-state index is 0.273. The first-order valence-electron chi connectivity index (χ1n) is 6.39. The molecule has 0 aromatic heterocycles. The van der Waals surface area contributed by atoms with E-state index in [0.29, 0.717) is 0 Å². The van der Waals surface area contributed by atoms with E-state index in [-0.39, 0.29) is 5.41 Å². The van der Waals surface area contributed by atoms with Crippen molar-refractivity contribution in [3.8, 4) is 0 Å². The summed E-state index contributed by atoms with van der Waals surface area (Å²) in [6, 6.07) is 0. The van der Waals surface area contributed by atoms with Crippen LogP contribution in [-0.4, -0.2) is 53.7 Å². The molecule has 0 aromatic rings. The monoisotopic (exact) mass is 247 g/mol. The molecule has 1 N–H and O–H groups in total. The van der Waals surface area contributed by atoms with Crippen LogP contribution < -0.4 is 5.32 Å². The molecule has 0 atom stereocenters. The number of rotatable bonds is 12. The summed E-state index contributed by atoms with van der Waals surface area (Å²) in [6.07, 6.45) is 2.04. The Morgan fingerprint density at radius 3 is 2.29 bits per heavy atom. The van der Waals surface area contributed by atoms with E-state index in [9.17, 15) is 0 Å². The smallest absolute Gasteiger partial charge is 0.0587 e. The highest BCUT2D eigenvalue weighted by atomic mass is 16.5. The van der Waals surface area contributed by atoms with Gasteiger partial charge in [-0.05, 0) is 18.3 Å². The van der Waals surface area contributed by atoms with Crippen LogP contribution in [0.1, 0.15) is 26.7 Å². The van der Waals surface area contributed by atoms with E-state index < -0.39 is 0 Å². The molecule has 0 aliphatic rings. The Morgan fingerprint density at radius 1 is 0.941 bits per heavy atom. The fraction of sp³-hybridized carbons (Fsp3) is 1.00. The van der Waals surface area contributed by atoms with E-state index in [4.69, 9.17) is 14.2 Å². The van der Waals surface area contributed by atoms with Gasteiger partial charge in [0, 0.05) is 47.1 Å². The molecule has 0 fully saturated rings. The zero-order valence-corrected chi connectivity index (χ0v) is 11.9. The van der Waals surface area contributed by atoms with Gasteiger partial charge in [-0.1, -0.05) is 13.8 Å². The Morgan fingerprint density at radius 2 is 1.65 bits per heavy atom. The van der Waals surface area contributed by atoms with Crippen LogP contribution in [0.5, 0.6) is 0 Å². The van der Waals surface area contributed by atoms with E-state index in [2.05, 4.69) is 19.2 Å².